The van der Waals surface area contributed by atoms with E-state index in [2.05, 4.69) is 0 Å². The number of phosphoric ester groups is 4. The van der Waals surface area contributed by atoms with Gasteiger partial charge in [-0.1, -0.05) is 212 Å². The van der Waals surface area contributed by atoms with Crippen LogP contribution in [0, 0.1) is 93.3 Å². The van der Waals surface area contributed by atoms with Gasteiger partial charge >= 0.3 is 77.2 Å². The molecule has 1 radical (unpaired) electrons. The van der Waals surface area contributed by atoms with Gasteiger partial charge in [0.05, 0.1) is 0 Å². The zero-order valence-electron chi connectivity index (χ0n) is 62.5. The predicted molar refractivity (Wildman–Crippen MR) is 419 cm³/mol. The summed E-state index contributed by atoms with van der Waals surface area (Å²) < 4.78 is 151. The summed E-state index contributed by atoms with van der Waals surface area (Å²) in [5.74, 6) is 4.98. The van der Waals surface area contributed by atoms with Crippen LogP contribution in [0.1, 0.15) is 66.8 Å². The number of phosphoric acid groups is 4. The van der Waals surface area contributed by atoms with E-state index < -0.39 is 41.5 Å². The molecule has 0 bridgehead atoms. The Morgan fingerprint density at radius 1 is 0.182 bits per heavy atom. The van der Waals surface area contributed by atoms with Crippen LogP contribution in [0.25, 0.3) is 0 Å². The summed E-state index contributed by atoms with van der Waals surface area (Å²) in [6.45, 7) is 23.6. The van der Waals surface area contributed by atoms with Gasteiger partial charge in [-0.2, -0.15) is 18.3 Å². The number of aryl methyl sites for hydroxylation is 12. The van der Waals surface area contributed by atoms with Crippen LogP contribution in [0.2, 0.25) is 0 Å². The summed E-state index contributed by atoms with van der Waals surface area (Å²) in [6.07, 6.45) is 0. The zero-order valence-corrected chi connectivity index (χ0v) is 68.1. The van der Waals surface area contributed by atoms with Crippen LogP contribution in [0.5, 0.6) is 69.0 Å². The fourth-order valence-corrected chi connectivity index (χ4v) is 14.0. The Morgan fingerprint density at radius 3 is 0.291 bits per heavy atom. The molecule has 575 valence electrons. The first-order chi connectivity index (χ1) is 51.7. The molecule has 0 spiro atoms. The summed E-state index contributed by atoms with van der Waals surface area (Å²) >= 11 is 0. The first-order valence-electron chi connectivity index (χ1n) is 33.9. The normalized spacial score (nSPS) is 11.1. The Kier molecular flexibility index (Phi) is 32.5. The Bertz CT molecular complexity index is 3870. The van der Waals surface area contributed by atoms with E-state index in [1.165, 1.54) is 0 Å². The van der Waals surface area contributed by atoms with Crippen molar-refractivity contribution in [2.24, 2.45) is 0 Å². The number of halogens is 1. The topological polar surface area (TPSA) is 263 Å². The number of hydrogen-bond acceptors (Lipinski definition) is 20. The Hall–Kier alpha value is -10.2. The van der Waals surface area contributed by atoms with E-state index in [9.17, 15) is 18.3 Å². The summed E-state index contributed by atoms with van der Waals surface area (Å²) in [4.78, 5) is 0. The van der Waals surface area contributed by atoms with Gasteiger partial charge in [0, 0.05) is 0 Å². The van der Waals surface area contributed by atoms with Gasteiger partial charge in [0.2, 0.25) is 0 Å². The molecule has 0 unspecified atom stereocenters. The summed E-state index contributed by atoms with van der Waals surface area (Å²) in [7, 11) is -19.9. The maximum atomic E-state index is 13.3. The van der Waals surface area contributed by atoms with Gasteiger partial charge in [-0.15, -0.1) is 0 Å². The predicted octanol–water partition coefficient (Wildman–Crippen LogP) is 22.2. The third-order valence-electron chi connectivity index (χ3n) is 14.9. The molecule has 0 saturated heterocycles. The van der Waals surface area contributed by atoms with E-state index in [0.717, 1.165) is 66.8 Å². The van der Waals surface area contributed by atoms with Crippen molar-refractivity contribution in [3.05, 3.63) is 358 Å². The van der Waals surface area contributed by atoms with Gasteiger partial charge in [0.15, 0.2) is 0 Å². The molecule has 0 saturated carbocycles. The van der Waals surface area contributed by atoms with Gasteiger partial charge in [-0.25, -0.2) is 0 Å². The maximum absolute atomic E-state index is 13.3. The monoisotopic (exact) mass is 1630 g/mol. The molecule has 0 aliphatic heterocycles. The third-order valence-corrected chi connectivity index (χ3v) is 20.1. The summed E-state index contributed by atoms with van der Waals surface area (Å²) in [5, 5.41) is 0. The minimum absolute atomic E-state index is 0. The van der Waals surface area contributed by atoms with Crippen molar-refractivity contribution in [1.82, 2.24) is 0 Å². The molecule has 0 aliphatic rings. The van der Waals surface area contributed by atoms with Crippen molar-refractivity contribution in [1.29, 1.82) is 0 Å². The SMILES string of the molecule is Cc1ccc(OP(=O)(Oc2ccc(C)cc2)Oc2ccc(C)cc2)cc1.Cc1ccc(OP(=O)(Oc2ccc(C)cc2)Oc2ccc(C)cc2)cc1.Cc1ccc(OP(=O)(Oc2ccc(C)cc2)Oc2ccc(C)cc2)cc1.Cc1ccc(OP(=O)(Oc2ccc(C)cc2)Oc2ccc(C)cc2)cc1.[Mn+2].[O-][Cl+](O)(O)O. The van der Waals surface area contributed by atoms with Gasteiger partial charge < -0.3 is 54.3 Å². The molecule has 110 heavy (non-hydrogen) atoms. The molecule has 0 aliphatic carbocycles. The van der Waals surface area contributed by atoms with E-state index in [1.807, 2.05) is 229 Å². The quantitative estimate of drug-likeness (QED) is 0.0375. The molecule has 0 aromatic heterocycles. The van der Waals surface area contributed by atoms with Crippen molar-refractivity contribution < 1.29 is 118 Å². The van der Waals surface area contributed by atoms with Crippen molar-refractivity contribution in [2.75, 3.05) is 0 Å². The van der Waals surface area contributed by atoms with Gasteiger partial charge in [-0.3, -0.25) is 0 Å². The fourth-order valence-electron chi connectivity index (χ4n) is 8.96. The summed E-state index contributed by atoms with van der Waals surface area (Å²) in [5.41, 5.74) is 12.9. The molecular weight excluding hydrogens is 1540 g/mol. The van der Waals surface area contributed by atoms with E-state index in [0.29, 0.717) is 69.0 Å². The molecule has 12 aromatic rings. The van der Waals surface area contributed by atoms with Crippen molar-refractivity contribution in [2.45, 2.75) is 83.1 Å². The van der Waals surface area contributed by atoms with Gasteiger partial charge in [-0.05, 0) is 229 Å². The molecule has 12 aromatic carbocycles. The van der Waals surface area contributed by atoms with Crippen LogP contribution in [-0.4, -0.2) is 14.0 Å². The van der Waals surface area contributed by atoms with E-state index >= 15 is 0 Å². The molecule has 20 nitrogen and oxygen atoms in total. The van der Waals surface area contributed by atoms with E-state index in [4.69, 9.17) is 72.9 Å². The van der Waals surface area contributed by atoms with Crippen molar-refractivity contribution in [3.8, 4) is 69.0 Å². The molecule has 26 heteroatoms. The second kappa shape index (κ2) is 41.0. The van der Waals surface area contributed by atoms with Crippen LogP contribution >= 0.6 is 31.3 Å². The molecule has 0 heterocycles. The second-order valence-electron chi connectivity index (χ2n) is 25.1. The van der Waals surface area contributed by atoms with Crippen LogP contribution < -0.4 is 58.9 Å². The van der Waals surface area contributed by atoms with Crippen LogP contribution in [0.4, 0.5) is 0 Å². The minimum atomic E-state index is -4.19. The number of benzene rings is 12. The first-order valence-corrected chi connectivity index (χ1v) is 41.1. The molecule has 12 rings (SSSR count). The first kappa shape index (κ1) is 87.0. The average Bonchev–Trinajstić information content (AvgIpc) is 0.841. The summed E-state index contributed by atoms with van der Waals surface area (Å²) in [6, 6.07) is 86.6. The fraction of sp³-hybridized carbons (Fsp3) is 0.143. The van der Waals surface area contributed by atoms with Gasteiger partial charge in [0.25, 0.3) is 0 Å². The van der Waals surface area contributed by atoms with Crippen LogP contribution in [0.15, 0.2) is 291 Å². The Labute approximate surface area is 655 Å². The second-order valence-corrected chi connectivity index (χ2v) is 31.7. The molecule has 0 fully saturated rings. The Morgan fingerprint density at radius 2 is 0.236 bits per heavy atom. The average molecular weight is 1630 g/mol. The van der Waals surface area contributed by atoms with Crippen LogP contribution in [-0.2, 0) is 35.3 Å². The number of rotatable bonds is 24. The van der Waals surface area contributed by atoms with E-state index in [1.54, 1.807) is 146 Å². The molecule has 0 atom stereocenters. The molecular formula is C84H87ClMnO20P4+2. The van der Waals surface area contributed by atoms with Gasteiger partial charge in [0.1, 0.15) is 69.0 Å². The molecule has 0 amide bonds. The van der Waals surface area contributed by atoms with Crippen molar-refractivity contribution in [3.63, 3.8) is 0 Å². The van der Waals surface area contributed by atoms with Crippen molar-refractivity contribution >= 4 is 31.3 Å². The number of hydrogen-bond donors (Lipinski definition) is 3. The van der Waals surface area contributed by atoms with Crippen LogP contribution in [0.3, 0.4) is 0 Å². The molecule has 3 N–H and O–H groups in total. The zero-order chi connectivity index (χ0) is 78.8. The van der Waals surface area contributed by atoms with E-state index in [-0.39, 0.29) is 17.1 Å². The Balaban J connectivity index is 0.000000199. The standard InChI is InChI=1S/4C21H21O4P.ClH3O4.Mn/c4*1-16-4-10-19(11-5-16)23-26(22,24-20-12-6-17(2)7-13-20)25-21-14-8-18(3)9-15-21;2-1(3,4)5;/h4*4-15H,1-3H3;2-4H;/q;;;;;+2. The third kappa shape index (κ3) is 31.8.